The van der Waals surface area contributed by atoms with Gasteiger partial charge in [-0.1, -0.05) is 30.3 Å². The van der Waals surface area contributed by atoms with Gasteiger partial charge in [0.05, 0.1) is 18.8 Å². The van der Waals surface area contributed by atoms with Gasteiger partial charge in [-0.05, 0) is 12.5 Å². The van der Waals surface area contributed by atoms with Crippen molar-refractivity contribution in [3.63, 3.8) is 0 Å². The van der Waals surface area contributed by atoms with Crippen molar-refractivity contribution >= 4 is 10.0 Å². The highest BCUT2D eigenvalue weighted by Gasteiger charge is 2.34. The van der Waals surface area contributed by atoms with Gasteiger partial charge >= 0.3 is 0 Å². The number of nitrogens with zero attached hydrogens (tertiary/aromatic N) is 3. The Morgan fingerprint density at radius 2 is 1.95 bits per heavy atom. The first-order valence-electron chi connectivity index (χ1n) is 6.49. The summed E-state index contributed by atoms with van der Waals surface area (Å²) in [6, 6.07) is 9.58. The van der Waals surface area contributed by atoms with E-state index in [1.807, 2.05) is 37.3 Å². The normalized spacial score (nSPS) is 19.8. The van der Waals surface area contributed by atoms with Crippen LogP contribution < -0.4 is 0 Å². The third-order valence-electron chi connectivity index (χ3n) is 3.75. The minimum absolute atomic E-state index is 0.174. The monoisotopic (exact) mass is 291 g/mol. The van der Waals surface area contributed by atoms with Gasteiger partial charge in [-0.2, -0.15) is 4.31 Å². The van der Waals surface area contributed by atoms with Crippen molar-refractivity contribution in [3.05, 3.63) is 53.6 Å². The maximum Gasteiger partial charge on any atom is 0.212 e. The van der Waals surface area contributed by atoms with E-state index in [4.69, 9.17) is 0 Å². The fraction of sp³-hybridized carbons (Fsp3) is 0.357. The molecule has 0 N–H and O–H groups in total. The van der Waals surface area contributed by atoms with E-state index in [2.05, 4.69) is 9.55 Å². The zero-order valence-electron chi connectivity index (χ0n) is 11.5. The van der Waals surface area contributed by atoms with E-state index in [9.17, 15) is 8.42 Å². The van der Waals surface area contributed by atoms with Gasteiger partial charge in [0.25, 0.3) is 0 Å². The molecule has 5 nitrogen and oxygen atoms in total. The lowest BCUT2D eigenvalue weighted by Crippen LogP contribution is -2.40. The Morgan fingerprint density at radius 1 is 1.25 bits per heavy atom. The number of aryl methyl sites for hydroxylation is 1. The van der Waals surface area contributed by atoms with E-state index in [0.29, 0.717) is 13.1 Å². The Labute approximate surface area is 118 Å². The van der Waals surface area contributed by atoms with E-state index in [0.717, 1.165) is 17.1 Å². The Bertz CT molecular complexity index is 722. The van der Waals surface area contributed by atoms with Gasteiger partial charge < -0.3 is 4.57 Å². The van der Waals surface area contributed by atoms with Crippen molar-refractivity contribution in [1.29, 1.82) is 0 Å². The zero-order valence-corrected chi connectivity index (χ0v) is 12.3. The van der Waals surface area contributed by atoms with Crippen LogP contribution in [0, 0.1) is 6.92 Å². The van der Waals surface area contributed by atoms with E-state index in [-0.39, 0.29) is 6.04 Å². The summed E-state index contributed by atoms with van der Waals surface area (Å²) in [5.74, 6) is 0.806. The molecule has 0 amide bonds. The highest BCUT2D eigenvalue weighted by molar-refractivity contribution is 7.88. The predicted molar refractivity (Wildman–Crippen MR) is 76.5 cm³/mol. The predicted octanol–water partition coefficient (Wildman–Crippen LogP) is 1.71. The van der Waals surface area contributed by atoms with Crippen LogP contribution in [0.5, 0.6) is 0 Å². The van der Waals surface area contributed by atoms with Crippen LogP contribution in [0.15, 0.2) is 36.5 Å². The maximum absolute atomic E-state index is 12.1. The molecule has 0 radical (unpaired) electrons. The first-order chi connectivity index (χ1) is 9.47. The Morgan fingerprint density at radius 3 is 2.60 bits per heavy atom. The largest absolute Gasteiger partial charge is 0.329 e. The summed E-state index contributed by atoms with van der Waals surface area (Å²) in [6.45, 7) is 2.93. The summed E-state index contributed by atoms with van der Waals surface area (Å²) >= 11 is 0. The molecule has 0 unspecified atom stereocenters. The molecule has 106 valence electrons. The summed E-state index contributed by atoms with van der Waals surface area (Å²) in [7, 11) is -3.28. The first-order valence-corrected chi connectivity index (χ1v) is 8.34. The number of hydrogen-bond donors (Lipinski definition) is 0. The fourth-order valence-electron chi connectivity index (χ4n) is 2.70. The molecule has 0 saturated heterocycles. The second-order valence-corrected chi connectivity index (χ2v) is 7.10. The molecule has 3 rings (SSSR count). The van der Waals surface area contributed by atoms with Crippen molar-refractivity contribution < 1.29 is 8.42 Å². The second kappa shape index (κ2) is 4.71. The first kappa shape index (κ1) is 13.3. The van der Waals surface area contributed by atoms with Gasteiger partial charge in [0.2, 0.25) is 10.0 Å². The van der Waals surface area contributed by atoms with Crippen molar-refractivity contribution in [2.24, 2.45) is 0 Å². The van der Waals surface area contributed by atoms with Crippen LogP contribution in [-0.4, -0.2) is 28.5 Å². The number of fused-ring (bicyclic) bond motifs is 1. The molecule has 0 fully saturated rings. The number of benzene rings is 1. The molecule has 20 heavy (non-hydrogen) atoms. The Kier molecular flexibility index (Phi) is 3.14. The average Bonchev–Trinajstić information content (AvgIpc) is 2.79. The number of imidazole rings is 1. The van der Waals surface area contributed by atoms with Gasteiger partial charge in [0, 0.05) is 18.4 Å². The molecule has 2 aromatic rings. The van der Waals surface area contributed by atoms with Crippen LogP contribution >= 0.6 is 0 Å². The van der Waals surface area contributed by atoms with Crippen LogP contribution in [0.2, 0.25) is 0 Å². The molecule has 1 aromatic carbocycles. The highest BCUT2D eigenvalue weighted by atomic mass is 32.2. The molecule has 1 aromatic heterocycles. The minimum Gasteiger partial charge on any atom is -0.329 e. The summed E-state index contributed by atoms with van der Waals surface area (Å²) in [5, 5.41) is 0. The van der Waals surface area contributed by atoms with Gasteiger partial charge in [-0.3, -0.25) is 0 Å². The molecule has 1 aliphatic rings. The third-order valence-corrected chi connectivity index (χ3v) is 4.98. The van der Waals surface area contributed by atoms with Crippen molar-refractivity contribution in [2.45, 2.75) is 26.1 Å². The van der Waals surface area contributed by atoms with Gasteiger partial charge in [-0.15, -0.1) is 0 Å². The van der Waals surface area contributed by atoms with E-state index in [1.165, 1.54) is 10.6 Å². The van der Waals surface area contributed by atoms with Gasteiger partial charge in [0.15, 0.2) is 0 Å². The second-order valence-electron chi connectivity index (χ2n) is 5.16. The standard InChI is InChI=1S/C14H17N3O2S/c1-11-8-15-14-10-17(20(2,18)19)13(9-16(11)14)12-6-4-3-5-7-12/h3-8,13H,9-10H2,1-2H3/t13-/m1/s1. The molecular weight excluding hydrogens is 274 g/mol. The minimum atomic E-state index is -3.28. The maximum atomic E-state index is 12.1. The molecule has 0 bridgehead atoms. The number of sulfonamides is 1. The van der Waals surface area contributed by atoms with Crippen molar-refractivity contribution in [1.82, 2.24) is 13.9 Å². The molecular formula is C14H17N3O2S. The topological polar surface area (TPSA) is 55.2 Å². The molecule has 1 aliphatic heterocycles. The average molecular weight is 291 g/mol. The SMILES string of the molecule is Cc1cnc2n1C[C@H](c1ccccc1)N(S(C)(=O)=O)C2. The number of aromatic nitrogens is 2. The van der Waals surface area contributed by atoms with Crippen LogP contribution in [-0.2, 0) is 23.1 Å². The quantitative estimate of drug-likeness (QED) is 0.846. The Balaban J connectivity index is 2.08. The van der Waals surface area contributed by atoms with E-state index < -0.39 is 10.0 Å². The molecule has 0 aliphatic carbocycles. The van der Waals surface area contributed by atoms with E-state index in [1.54, 1.807) is 6.20 Å². The van der Waals surface area contributed by atoms with Crippen LogP contribution in [0.3, 0.4) is 0 Å². The number of hydrogen-bond acceptors (Lipinski definition) is 3. The van der Waals surface area contributed by atoms with Crippen LogP contribution in [0.4, 0.5) is 0 Å². The number of rotatable bonds is 2. The summed E-state index contributed by atoms with van der Waals surface area (Å²) < 4.78 is 27.8. The lowest BCUT2D eigenvalue weighted by Gasteiger charge is -2.35. The summed E-state index contributed by atoms with van der Waals surface area (Å²) in [4.78, 5) is 4.31. The lowest BCUT2D eigenvalue weighted by atomic mass is 10.1. The summed E-state index contributed by atoms with van der Waals surface area (Å²) in [6.07, 6.45) is 3.05. The van der Waals surface area contributed by atoms with Gasteiger partial charge in [0.1, 0.15) is 5.82 Å². The van der Waals surface area contributed by atoms with Crippen molar-refractivity contribution in [2.75, 3.05) is 6.26 Å². The molecule has 2 heterocycles. The van der Waals surface area contributed by atoms with Crippen LogP contribution in [0.1, 0.15) is 23.1 Å². The van der Waals surface area contributed by atoms with Gasteiger partial charge in [-0.25, -0.2) is 13.4 Å². The molecule has 0 spiro atoms. The third kappa shape index (κ3) is 2.25. The zero-order chi connectivity index (χ0) is 14.3. The summed E-state index contributed by atoms with van der Waals surface area (Å²) in [5.41, 5.74) is 2.07. The molecule has 1 atom stereocenters. The smallest absolute Gasteiger partial charge is 0.212 e. The molecule has 0 saturated carbocycles. The van der Waals surface area contributed by atoms with Crippen LogP contribution in [0.25, 0.3) is 0 Å². The van der Waals surface area contributed by atoms with Crippen molar-refractivity contribution in [3.8, 4) is 0 Å². The lowest BCUT2D eigenvalue weighted by molar-refractivity contribution is 0.243. The highest BCUT2D eigenvalue weighted by Crippen LogP contribution is 2.31. The Hall–Kier alpha value is -1.66. The fourth-order valence-corrected chi connectivity index (χ4v) is 3.70. The van der Waals surface area contributed by atoms with E-state index >= 15 is 0 Å². The molecule has 6 heteroatoms.